The average Bonchev–Trinajstić information content (AvgIpc) is 2.76. The van der Waals surface area contributed by atoms with E-state index in [1.807, 2.05) is 19.9 Å². The van der Waals surface area contributed by atoms with E-state index >= 15 is 0 Å². The Morgan fingerprint density at radius 1 is 1.47 bits per heavy atom. The van der Waals surface area contributed by atoms with Gasteiger partial charge in [-0.2, -0.15) is 0 Å². The minimum atomic E-state index is 0.406. The molecule has 2 heterocycles. The molecule has 0 amide bonds. The molecular weight excluding hydrogens is 194 g/mol. The number of hydrogen-bond acceptors (Lipinski definition) is 5. The Labute approximate surface area is 87.0 Å². The summed E-state index contributed by atoms with van der Waals surface area (Å²) in [7, 11) is 0. The molecule has 15 heavy (non-hydrogen) atoms. The Bertz CT molecular complexity index is 459. The van der Waals surface area contributed by atoms with Crippen LogP contribution in [0.15, 0.2) is 10.6 Å². The number of rotatable bonds is 3. The first-order chi connectivity index (χ1) is 7.20. The van der Waals surface area contributed by atoms with Crippen molar-refractivity contribution in [1.29, 1.82) is 0 Å². The van der Waals surface area contributed by atoms with Crippen LogP contribution >= 0.6 is 0 Å². The molecule has 0 aromatic carbocycles. The largest absolute Gasteiger partial charge is 0.361 e. The first-order valence-corrected chi connectivity index (χ1v) is 4.72. The van der Waals surface area contributed by atoms with Crippen LogP contribution in [0.4, 0.5) is 0 Å². The van der Waals surface area contributed by atoms with E-state index in [2.05, 4.69) is 15.5 Å². The van der Waals surface area contributed by atoms with Gasteiger partial charge in [-0.1, -0.05) is 10.4 Å². The molecule has 0 unspecified atom stereocenters. The third kappa shape index (κ3) is 1.89. The van der Waals surface area contributed by atoms with Crippen LogP contribution in [-0.2, 0) is 13.1 Å². The lowest BCUT2D eigenvalue weighted by molar-refractivity contribution is 0.387. The van der Waals surface area contributed by atoms with Gasteiger partial charge in [0, 0.05) is 12.6 Å². The van der Waals surface area contributed by atoms with Gasteiger partial charge in [0.1, 0.15) is 11.5 Å². The van der Waals surface area contributed by atoms with Gasteiger partial charge in [0.05, 0.1) is 17.9 Å². The number of nitrogens with two attached hydrogens (primary N) is 1. The van der Waals surface area contributed by atoms with E-state index in [-0.39, 0.29) is 0 Å². The smallest absolute Gasteiger partial charge is 0.133 e. The fraction of sp³-hybridized carbons (Fsp3) is 0.444. The SMILES string of the molecule is Cc1cc(Cn2nnc(CN)c2C)no1. The van der Waals surface area contributed by atoms with Crippen molar-refractivity contribution >= 4 is 0 Å². The zero-order chi connectivity index (χ0) is 10.8. The van der Waals surface area contributed by atoms with E-state index in [1.165, 1.54) is 0 Å². The van der Waals surface area contributed by atoms with Crippen molar-refractivity contribution in [3.8, 4) is 0 Å². The Morgan fingerprint density at radius 2 is 2.27 bits per heavy atom. The number of hydrogen-bond donors (Lipinski definition) is 1. The molecular formula is C9H13N5O. The van der Waals surface area contributed by atoms with Crippen molar-refractivity contribution in [1.82, 2.24) is 20.2 Å². The molecule has 2 aromatic heterocycles. The van der Waals surface area contributed by atoms with Crippen molar-refractivity contribution in [3.05, 3.63) is 28.9 Å². The molecule has 0 atom stereocenters. The Kier molecular flexibility index (Phi) is 2.51. The molecule has 2 rings (SSSR count). The molecule has 0 radical (unpaired) electrons. The first kappa shape index (κ1) is 9.85. The highest BCUT2D eigenvalue weighted by Crippen LogP contribution is 2.07. The summed E-state index contributed by atoms with van der Waals surface area (Å²) in [5, 5.41) is 11.9. The second kappa shape index (κ2) is 3.82. The van der Waals surface area contributed by atoms with Gasteiger partial charge in [-0.15, -0.1) is 5.10 Å². The van der Waals surface area contributed by atoms with Crippen LogP contribution in [0.3, 0.4) is 0 Å². The Balaban J connectivity index is 2.21. The van der Waals surface area contributed by atoms with Gasteiger partial charge in [0.15, 0.2) is 0 Å². The van der Waals surface area contributed by atoms with E-state index in [4.69, 9.17) is 10.3 Å². The number of aromatic nitrogens is 4. The lowest BCUT2D eigenvalue weighted by atomic mass is 10.3. The zero-order valence-corrected chi connectivity index (χ0v) is 8.77. The van der Waals surface area contributed by atoms with Crippen LogP contribution in [0, 0.1) is 13.8 Å². The highest BCUT2D eigenvalue weighted by molar-refractivity contribution is 5.10. The Morgan fingerprint density at radius 3 is 2.80 bits per heavy atom. The minimum Gasteiger partial charge on any atom is -0.361 e. The van der Waals surface area contributed by atoms with Crippen molar-refractivity contribution in [2.24, 2.45) is 5.73 Å². The fourth-order valence-corrected chi connectivity index (χ4v) is 1.38. The van der Waals surface area contributed by atoms with Crippen LogP contribution in [0.5, 0.6) is 0 Å². The van der Waals surface area contributed by atoms with E-state index < -0.39 is 0 Å². The fourth-order valence-electron chi connectivity index (χ4n) is 1.38. The molecule has 0 fully saturated rings. The third-order valence-electron chi connectivity index (χ3n) is 2.26. The van der Waals surface area contributed by atoms with E-state index in [1.54, 1.807) is 4.68 Å². The summed E-state index contributed by atoms with van der Waals surface area (Å²) in [6.07, 6.45) is 0. The number of aryl methyl sites for hydroxylation is 1. The Hall–Kier alpha value is -1.69. The van der Waals surface area contributed by atoms with Crippen molar-refractivity contribution in [3.63, 3.8) is 0 Å². The van der Waals surface area contributed by atoms with Gasteiger partial charge in [0.2, 0.25) is 0 Å². The van der Waals surface area contributed by atoms with Crippen molar-refractivity contribution in [2.75, 3.05) is 0 Å². The van der Waals surface area contributed by atoms with Gasteiger partial charge in [-0.05, 0) is 13.8 Å². The molecule has 0 aliphatic heterocycles. The molecule has 2 N–H and O–H groups in total. The monoisotopic (exact) mass is 207 g/mol. The highest BCUT2D eigenvalue weighted by Gasteiger charge is 2.08. The molecule has 0 saturated heterocycles. The summed E-state index contributed by atoms with van der Waals surface area (Å²) in [6, 6.07) is 1.88. The predicted molar refractivity (Wildman–Crippen MR) is 53.0 cm³/mol. The molecule has 80 valence electrons. The molecule has 6 heteroatoms. The van der Waals surface area contributed by atoms with E-state index in [0.29, 0.717) is 13.1 Å². The minimum absolute atomic E-state index is 0.406. The van der Waals surface area contributed by atoms with E-state index in [0.717, 1.165) is 22.8 Å². The maximum absolute atomic E-state index is 5.51. The van der Waals surface area contributed by atoms with Crippen LogP contribution in [0.1, 0.15) is 22.8 Å². The standard InChI is InChI=1S/C9H13N5O/c1-6-3-8(12-15-6)5-14-7(2)9(4-10)11-13-14/h3H,4-5,10H2,1-2H3. The lowest BCUT2D eigenvalue weighted by Crippen LogP contribution is -2.05. The average molecular weight is 207 g/mol. The molecule has 0 bridgehead atoms. The molecule has 6 nitrogen and oxygen atoms in total. The summed E-state index contributed by atoms with van der Waals surface area (Å²) in [5.74, 6) is 0.793. The number of nitrogens with zero attached hydrogens (tertiary/aromatic N) is 4. The predicted octanol–water partition coefficient (Wildman–Crippen LogP) is 0.390. The van der Waals surface area contributed by atoms with Crippen LogP contribution in [-0.4, -0.2) is 20.2 Å². The zero-order valence-electron chi connectivity index (χ0n) is 8.77. The third-order valence-corrected chi connectivity index (χ3v) is 2.26. The van der Waals surface area contributed by atoms with Gasteiger partial charge in [0.25, 0.3) is 0 Å². The summed E-state index contributed by atoms with van der Waals surface area (Å²) in [5.41, 5.74) is 8.13. The van der Waals surface area contributed by atoms with Crippen molar-refractivity contribution in [2.45, 2.75) is 26.9 Å². The summed E-state index contributed by atoms with van der Waals surface area (Å²) < 4.78 is 6.74. The maximum atomic E-state index is 5.51. The summed E-state index contributed by atoms with van der Waals surface area (Å²) in [6.45, 7) is 4.77. The normalized spacial score (nSPS) is 10.9. The van der Waals surface area contributed by atoms with Crippen LogP contribution in [0.25, 0.3) is 0 Å². The second-order valence-corrected chi connectivity index (χ2v) is 3.41. The molecule has 0 aliphatic rings. The first-order valence-electron chi connectivity index (χ1n) is 4.72. The topological polar surface area (TPSA) is 82.8 Å². The summed E-state index contributed by atoms with van der Waals surface area (Å²) >= 11 is 0. The van der Waals surface area contributed by atoms with Crippen LogP contribution < -0.4 is 5.73 Å². The van der Waals surface area contributed by atoms with Gasteiger partial charge in [-0.3, -0.25) is 0 Å². The molecule has 0 spiro atoms. The van der Waals surface area contributed by atoms with Crippen LogP contribution in [0.2, 0.25) is 0 Å². The second-order valence-electron chi connectivity index (χ2n) is 3.41. The van der Waals surface area contributed by atoms with Gasteiger partial charge in [-0.25, -0.2) is 4.68 Å². The molecule has 2 aromatic rings. The van der Waals surface area contributed by atoms with Crippen molar-refractivity contribution < 1.29 is 4.52 Å². The molecule has 0 aliphatic carbocycles. The quantitative estimate of drug-likeness (QED) is 0.787. The molecule has 0 saturated carbocycles. The lowest BCUT2D eigenvalue weighted by Gasteiger charge is -1.99. The summed E-state index contributed by atoms with van der Waals surface area (Å²) in [4.78, 5) is 0. The van der Waals surface area contributed by atoms with Gasteiger partial charge >= 0.3 is 0 Å². The van der Waals surface area contributed by atoms with E-state index in [9.17, 15) is 0 Å². The van der Waals surface area contributed by atoms with Gasteiger partial charge < -0.3 is 10.3 Å². The maximum Gasteiger partial charge on any atom is 0.133 e. The highest BCUT2D eigenvalue weighted by atomic mass is 16.5.